The van der Waals surface area contributed by atoms with Crippen LogP contribution in [0.1, 0.15) is 58.3 Å². The Morgan fingerprint density at radius 3 is 2.06 bits per heavy atom. The highest BCUT2D eigenvalue weighted by Gasteiger charge is 2.36. The lowest BCUT2D eigenvalue weighted by Crippen LogP contribution is -2.39. The molecule has 0 aliphatic heterocycles. The Morgan fingerprint density at radius 1 is 1.12 bits per heavy atom. The van der Waals surface area contributed by atoms with Crippen molar-refractivity contribution >= 4 is 0 Å². The van der Waals surface area contributed by atoms with Crippen LogP contribution in [0, 0.1) is 11.8 Å². The molecule has 0 aromatic rings. The summed E-state index contributed by atoms with van der Waals surface area (Å²) < 4.78 is 0. The monoisotopic (exact) mass is 236 g/mol. The zero-order valence-corrected chi connectivity index (χ0v) is 11.3. The van der Waals surface area contributed by atoms with Crippen LogP contribution in [0.15, 0.2) is 25.3 Å². The SMILES string of the molecule is C=CCC(O)(CC=C)[C@H]1CC[C@H](CCC)CC1. The quantitative estimate of drug-likeness (QED) is 0.646. The van der Waals surface area contributed by atoms with Crippen molar-refractivity contribution < 1.29 is 5.11 Å². The van der Waals surface area contributed by atoms with E-state index in [4.69, 9.17) is 0 Å². The molecule has 0 aromatic heterocycles. The molecule has 1 N–H and O–H groups in total. The van der Waals surface area contributed by atoms with Gasteiger partial charge in [0.15, 0.2) is 0 Å². The Bertz CT molecular complexity index is 226. The van der Waals surface area contributed by atoms with Gasteiger partial charge in [0.05, 0.1) is 5.60 Å². The average molecular weight is 236 g/mol. The van der Waals surface area contributed by atoms with Gasteiger partial charge < -0.3 is 5.11 Å². The molecule has 0 heterocycles. The van der Waals surface area contributed by atoms with Gasteiger partial charge in [-0.15, -0.1) is 13.2 Å². The van der Waals surface area contributed by atoms with Gasteiger partial charge in [0.1, 0.15) is 0 Å². The van der Waals surface area contributed by atoms with E-state index < -0.39 is 5.60 Å². The first-order chi connectivity index (χ1) is 8.16. The van der Waals surface area contributed by atoms with Gasteiger partial charge in [-0.2, -0.15) is 0 Å². The van der Waals surface area contributed by atoms with Crippen molar-refractivity contribution in [1.82, 2.24) is 0 Å². The summed E-state index contributed by atoms with van der Waals surface area (Å²) in [6, 6.07) is 0. The first-order valence-corrected chi connectivity index (χ1v) is 7.10. The van der Waals surface area contributed by atoms with Crippen LogP contribution < -0.4 is 0 Å². The molecule has 0 atom stereocenters. The van der Waals surface area contributed by atoms with Crippen LogP contribution in [0.4, 0.5) is 0 Å². The van der Waals surface area contributed by atoms with Crippen LogP contribution in [0.2, 0.25) is 0 Å². The molecule has 1 rings (SSSR count). The second-order valence-corrected chi connectivity index (χ2v) is 5.60. The highest BCUT2D eigenvalue weighted by Crippen LogP contribution is 2.40. The van der Waals surface area contributed by atoms with Crippen LogP contribution in [0.5, 0.6) is 0 Å². The Morgan fingerprint density at radius 2 is 1.65 bits per heavy atom. The van der Waals surface area contributed by atoms with Crippen molar-refractivity contribution in [3.05, 3.63) is 25.3 Å². The maximum atomic E-state index is 10.7. The zero-order chi connectivity index (χ0) is 12.7. The maximum Gasteiger partial charge on any atom is 0.0744 e. The molecule has 0 spiro atoms. The van der Waals surface area contributed by atoms with Gasteiger partial charge in [0.2, 0.25) is 0 Å². The van der Waals surface area contributed by atoms with Crippen LogP contribution in [0.25, 0.3) is 0 Å². The molecular weight excluding hydrogens is 208 g/mol. The third-order valence-electron chi connectivity index (χ3n) is 4.30. The van der Waals surface area contributed by atoms with Gasteiger partial charge >= 0.3 is 0 Å². The molecule has 1 aliphatic carbocycles. The van der Waals surface area contributed by atoms with Gasteiger partial charge in [0, 0.05) is 0 Å². The summed E-state index contributed by atoms with van der Waals surface area (Å²) in [6.45, 7) is 9.81. The lowest BCUT2D eigenvalue weighted by Gasteiger charge is -2.39. The van der Waals surface area contributed by atoms with E-state index in [-0.39, 0.29) is 0 Å². The predicted octanol–water partition coefficient (Wildman–Crippen LogP) is 4.48. The largest absolute Gasteiger partial charge is 0.389 e. The molecular formula is C16H28O. The Balaban J connectivity index is 2.54. The Kier molecular flexibility index (Phi) is 5.97. The highest BCUT2D eigenvalue weighted by atomic mass is 16.3. The summed E-state index contributed by atoms with van der Waals surface area (Å²) in [7, 11) is 0. The van der Waals surface area contributed by atoms with Gasteiger partial charge in [0.25, 0.3) is 0 Å². The summed E-state index contributed by atoms with van der Waals surface area (Å²) in [5, 5.41) is 10.7. The topological polar surface area (TPSA) is 20.2 Å². The van der Waals surface area contributed by atoms with Crippen LogP contribution in [-0.2, 0) is 0 Å². The van der Waals surface area contributed by atoms with E-state index in [0.717, 1.165) is 5.92 Å². The zero-order valence-electron chi connectivity index (χ0n) is 11.3. The maximum absolute atomic E-state index is 10.7. The minimum Gasteiger partial charge on any atom is -0.389 e. The second kappa shape index (κ2) is 7.00. The first kappa shape index (κ1) is 14.5. The Hall–Kier alpha value is -0.560. The van der Waals surface area contributed by atoms with Crippen molar-refractivity contribution in [2.24, 2.45) is 11.8 Å². The summed E-state index contributed by atoms with van der Waals surface area (Å²) >= 11 is 0. The van der Waals surface area contributed by atoms with E-state index in [9.17, 15) is 5.11 Å². The molecule has 1 heteroatoms. The van der Waals surface area contributed by atoms with Gasteiger partial charge in [-0.25, -0.2) is 0 Å². The molecule has 0 bridgehead atoms. The molecule has 1 nitrogen and oxygen atoms in total. The molecule has 1 saturated carbocycles. The lowest BCUT2D eigenvalue weighted by atomic mass is 9.70. The summed E-state index contributed by atoms with van der Waals surface area (Å²) in [6.07, 6.45) is 12.6. The third-order valence-corrected chi connectivity index (χ3v) is 4.30. The molecule has 0 amide bonds. The van der Waals surface area contributed by atoms with Gasteiger partial charge in [-0.05, 0) is 37.5 Å². The van der Waals surface area contributed by atoms with Crippen molar-refractivity contribution in [1.29, 1.82) is 0 Å². The predicted molar refractivity (Wildman–Crippen MR) is 74.9 cm³/mol. The lowest BCUT2D eigenvalue weighted by molar-refractivity contribution is -0.0338. The van der Waals surface area contributed by atoms with Crippen molar-refractivity contribution in [3.8, 4) is 0 Å². The van der Waals surface area contributed by atoms with Crippen LogP contribution >= 0.6 is 0 Å². The van der Waals surface area contributed by atoms with E-state index in [0.29, 0.717) is 18.8 Å². The van der Waals surface area contributed by atoms with E-state index >= 15 is 0 Å². The summed E-state index contributed by atoms with van der Waals surface area (Å²) in [4.78, 5) is 0. The molecule has 0 saturated heterocycles. The fourth-order valence-corrected chi connectivity index (χ4v) is 3.31. The van der Waals surface area contributed by atoms with E-state index in [1.807, 2.05) is 12.2 Å². The Labute approximate surface area is 107 Å². The molecule has 17 heavy (non-hydrogen) atoms. The average Bonchev–Trinajstić information content (AvgIpc) is 2.31. The number of hydrogen-bond donors (Lipinski definition) is 1. The summed E-state index contributed by atoms with van der Waals surface area (Å²) in [5.74, 6) is 1.33. The molecule has 0 unspecified atom stereocenters. The minimum atomic E-state index is -0.583. The number of hydrogen-bond acceptors (Lipinski definition) is 1. The first-order valence-electron chi connectivity index (χ1n) is 7.10. The number of aliphatic hydroxyl groups is 1. The smallest absolute Gasteiger partial charge is 0.0744 e. The van der Waals surface area contributed by atoms with Crippen molar-refractivity contribution in [3.63, 3.8) is 0 Å². The number of rotatable bonds is 7. The van der Waals surface area contributed by atoms with E-state index in [2.05, 4.69) is 20.1 Å². The van der Waals surface area contributed by atoms with Crippen molar-refractivity contribution in [2.45, 2.75) is 63.9 Å². The van der Waals surface area contributed by atoms with Crippen molar-refractivity contribution in [2.75, 3.05) is 0 Å². The second-order valence-electron chi connectivity index (χ2n) is 5.60. The minimum absolute atomic E-state index is 0.437. The molecule has 0 aromatic carbocycles. The fraction of sp³-hybridized carbons (Fsp3) is 0.750. The molecule has 1 fully saturated rings. The molecule has 98 valence electrons. The van der Waals surface area contributed by atoms with E-state index in [1.54, 1.807) is 0 Å². The normalized spacial score (nSPS) is 25.5. The standard InChI is InChI=1S/C16H28O/c1-4-7-14-8-10-15(11-9-14)16(17,12-5-2)13-6-3/h5-6,14-15,17H,2-4,7-13H2,1H3/t14-,15-. The third kappa shape index (κ3) is 3.99. The highest BCUT2D eigenvalue weighted by molar-refractivity contribution is 4.97. The summed E-state index contributed by atoms with van der Waals surface area (Å²) in [5.41, 5.74) is -0.583. The van der Waals surface area contributed by atoms with Crippen LogP contribution in [-0.4, -0.2) is 10.7 Å². The van der Waals surface area contributed by atoms with Crippen LogP contribution in [0.3, 0.4) is 0 Å². The van der Waals surface area contributed by atoms with E-state index in [1.165, 1.54) is 38.5 Å². The fourth-order valence-electron chi connectivity index (χ4n) is 3.31. The molecule has 0 radical (unpaired) electrons. The van der Waals surface area contributed by atoms with Gasteiger partial charge in [-0.3, -0.25) is 0 Å². The molecule has 1 aliphatic rings. The van der Waals surface area contributed by atoms with Gasteiger partial charge in [-0.1, -0.05) is 44.8 Å².